The number of amides is 1. The molecule has 8 nitrogen and oxygen atoms in total. The molecule has 0 aliphatic heterocycles. The number of anilines is 2. The van der Waals surface area contributed by atoms with E-state index in [9.17, 15) is 27.6 Å². The fourth-order valence-corrected chi connectivity index (χ4v) is 3.76. The van der Waals surface area contributed by atoms with E-state index in [0.717, 1.165) is 9.47 Å². The monoisotopic (exact) mass is 494 g/mol. The molecule has 2 aromatic carbocycles. The second-order valence-corrected chi connectivity index (χ2v) is 8.23. The minimum Gasteiger partial charge on any atom is -0.383 e. The lowest BCUT2D eigenvalue weighted by molar-refractivity contribution is -0.0328. The number of ether oxygens (including phenoxy) is 1. The van der Waals surface area contributed by atoms with Crippen molar-refractivity contribution in [3.63, 3.8) is 0 Å². The van der Waals surface area contributed by atoms with Gasteiger partial charge < -0.3 is 10.5 Å². The Kier molecular flexibility index (Phi) is 7.84. The third-order valence-electron chi connectivity index (χ3n) is 4.77. The van der Waals surface area contributed by atoms with Crippen molar-refractivity contribution < 1.29 is 22.7 Å². The summed E-state index contributed by atoms with van der Waals surface area (Å²) in [5.41, 5.74) is 0.501. The van der Waals surface area contributed by atoms with Crippen molar-refractivity contribution in [3.8, 4) is 0 Å². The van der Waals surface area contributed by atoms with Crippen LogP contribution in [0.4, 0.5) is 24.7 Å². The summed E-state index contributed by atoms with van der Waals surface area (Å²) in [7, 11) is 1.43. The van der Waals surface area contributed by atoms with E-state index in [0.29, 0.717) is 5.56 Å². The lowest BCUT2D eigenvalue weighted by atomic mass is 10.1. The maximum atomic E-state index is 13.4. The number of hydrogen-bond donors (Lipinski definition) is 2. The molecule has 0 fully saturated rings. The Morgan fingerprint density at radius 3 is 2.35 bits per heavy atom. The minimum absolute atomic E-state index is 0.0294. The number of H-pyrrole nitrogens is 1. The van der Waals surface area contributed by atoms with E-state index in [2.05, 4.69) is 4.98 Å². The van der Waals surface area contributed by atoms with Crippen molar-refractivity contribution in [1.29, 1.82) is 0 Å². The summed E-state index contributed by atoms with van der Waals surface area (Å²) in [6.07, 6.45) is 0. The molecular formula is C22H21F3N4O4S. The lowest BCUT2D eigenvalue weighted by Crippen LogP contribution is -2.41. The number of nitrogens with zero attached hydrogens (tertiary/aromatic N) is 2. The molecule has 12 heteroatoms. The smallest absolute Gasteiger partial charge is 0.383 e. The molecule has 0 aliphatic rings. The van der Waals surface area contributed by atoms with Crippen LogP contribution in [0.2, 0.25) is 0 Å². The second kappa shape index (κ2) is 10.6. The zero-order valence-corrected chi connectivity index (χ0v) is 18.8. The number of aromatic nitrogens is 2. The van der Waals surface area contributed by atoms with E-state index >= 15 is 0 Å². The fraction of sp³-hybridized carbons (Fsp3) is 0.227. The minimum atomic E-state index is -4.47. The number of nitrogen functional groups attached to an aromatic ring is 1. The number of alkyl halides is 3. The van der Waals surface area contributed by atoms with E-state index in [1.165, 1.54) is 31.4 Å². The van der Waals surface area contributed by atoms with E-state index in [-0.39, 0.29) is 53.4 Å². The Hall–Kier alpha value is -3.51. The maximum absolute atomic E-state index is 13.4. The number of rotatable bonds is 8. The van der Waals surface area contributed by atoms with Crippen LogP contribution in [0.3, 0.4) is 0 Å². The van der Waals surface area contributed by atoms with Crippen molar-refractivity contribution in [2.24, 2.45) is 0 Å². The summed E-state index contributed by atoms with van der Waals surface area (Å²) in [6.45, 7) is 0.0801. The van der Waals surface area contributed by atoms with Gasteiger partial charge in [0.05, 0.1) is 19.7 Å². The molecule has 0 aliphatic carbocycles. The molecule has 3 N–H and O–H groups in total. The number of carbonyl (C=O) groups is 1. The van der Waals surface area contributed by atoms with Gasteiger partial charge in [0.1, 0.15) is 5.82 Å². The zero-order valence-electron chi connectivity index (χ0n) is 18.0. The van der Waals surface area contributed by atoms with Gasteiger partial charge in [0.2, 0.25) is 0 Å². The third-order valence-corrected chi connectivity index (χ3v) is 5.51. The molecular weight excluding hydrogens is 473 g/mol. The molecule has 3 aromatic rings. The van der Waals surface area contributed by atoms with Crippen molar-refractivity contribution in [2.75, 3.05) is 24.4 Å². The summed E-state index contributed by atoms with van der Waals surface area (Å²) < 4.78 is 44.0. The molecule has 1 aromatic heterocycles. The van der Waals surface area contributed by atoms with Crippen molar-refractivity contribution >= 4 is 29.2 Å². The Labute approximate surface area is 196 Å². The van der Waals surface area contributed by atoms with Crippen molar-refractivity contribution in [3.05, 3.63) is 86.6 Å². The molecule has 0 saturated heterocycles. The van der Waals surface area contributed by atoms with Crippen molar-refractivity contribution in [2.45, 2.75) is 23.5 Å². The number of nitrogens with two attached hydrogens (primary N) is 1. The van der Waals surface area contributed by atoms with E-state index in [4.69, 9.17) is 10.5 Å². The Bertz CT molecular complexity index is 1260. The van der Waals surface area contributed by atoms with Gasteiger partial charge in [0.25, 0.3) is 11.5 Å². The van der Waals surface area contributed by atoms with E-state index < -0.39 is 22.7 Å². The van der Waals surface area contributed by atoms with Gasteiger partial charge >= 0.3 is 11.2 Å². The molecule has 180 valence electrons. The first kappa shape index (κ1) is 25.1. The molecule has 0 atom stereocenters. The first-order valence-corrected chi connectivity index (χ1v) is 10.8. The van der Waals surface area contributed by atoms with Crippen LogP contribution in [-0.4, -0.2) is 34.7 Å². The first-order valence-electron chi connectivity index (χ1n) is 9.94. The largest absolute Gasteiger partial charge is 0.446 e. The van der Waals surface area contributed by atoms with Crippen LogP contribution in [0.1, 0.15) is 15.9 Å². The number of carbonyl (C=O) groups excluding carboxylic acids is 1. The highest BCUT2D eigenvalue weighted by molar-refractivity contribution is 8.00. The Morgan fingerprint density at radius 1 is 1.12 bits per heavy atom. The van der Waals surface area contributed by atoms with Gasteiger partial charge in [0.15, 0.2) is 5.69 Å². The number of methoxy groups -OCH3 is 1. The predicted octanol–water partition coefficient (Wildman–Crippen LogP) is 3.22. The van der Waals surface area contributed by atoms with Crippen LogP contribution < -0.4 is 21.9 Å². The second-order valence-electron chi connectivity index (χ2n) is 7.09. The quantitative estimate of drug-likeness (QED) is 0.466. The van der Waals surface area contributed by atoms with Gasteiger partial charge in [-0.1, -0.05) is 30.3 Å². The van der Waals surface area contributed by atoms with Gasteiger partial charge in [-0.2, -0.15) is 13.2 Å². The number of thioether (sulfide) groups is 1. The molecule has 0 saturated carbocycles. The van der Waals surface area contributed by atoms with Gasteiger partial charge in [0, 0.05) is 17.6 Å². The SMILES string of the molecule is COCCn1c(N)c(N(Cc2ccccc2)C(=O)c2ccc(SC(F)(F)F)cc2)c(=O)[nH]c1=O. The summed E-state index contributed by atoms with van der Waals surface area (Å²) in [4.78, 5) is 41.6. The Balaban J connectivity index is 2.07. The average molecular weight is 494 g/mol. The highest BCUT2D eigenvalue weighted by Crippen LogP contribution is 2.36. The third kappa shape index (κ3) is 6.08. The van der Waals surface area contributed by atoms with E-state index in [1.807, 2.05) is 0 Å². The molecule has 1 heterocycles. The van der Waals surface area contributed by atoms with Crippen LogP contribution in [-0.2, 0) is 17.8 Å². The fourth-order valence-electron chi connectivity index (χ4n) is 3.22. The van der Waals surface area contributed by atoms with Crippen molar-refractivity contribution in [1.82, 2.24) is 9.55 Å². The summed E-state index contributed by atoms with van der Waals surface area (Å²) >= 11 is -0.305. The van der Waals surface area contributed by atoms with Crippen LogP contribution >= 0.6 is 11.8 Å². The van der Waals surface area contributed by atoms with Gasteiger partial charge in [-0.3, -0.25) is 24.0 Å². The predicted molar refractivity (Wildman–Crippen MR) is 123 cm³/mol. The Morgan fingerprint density at radius 2 is 1.76 bits per heavy atom. The number of halogens is 3. The van der Waals surface area contributed by atoms with E-state index in [1.54, 1.807) is 30.3 Å². The number of aromatic amines is 1. The molecule has 0 unspecified atom stereocenters. The molecule has 1 amide bonds. The molecule has 0 radical (unpaired) electrons. The summed E-state index contributed by atoms with van der Waals surface area (Å²) in [5, 5.41) is 0. The number of hydrogen-bond acceptors (Lipinski definition) is 6. The zero-order chi connectivity index (χ0) is 24.9. The average Bonchev–Trinajstić information content (AvgIpc) is 2.78. The van der Waals surface area contributed by atoms with Crippen LogP contribution in [0.5, 0.6) is 0 Å². The first-order chi connectivity index (χ1) is 16.1. The molecule has 0 spiro atoms. The molecule has 3 rings (SSSR count). The van der Waals surface area contributed by atoms with Gasteiger partial charge in [-0.15, -0.1) is 0 Å². The summed E-state index contributed by atoms with van der Waals surface area (Å²) in [5.74, 6) is -0.916. The van der Waals surface area contributed by atoms with Crippen LogP contribution in [0, 0.1) is 0 Å². The maximum Gasteiger partial charge on any atom is 0.446 e. The normalized spacial score (nSPS) is 11.4. The molecule has 0 bridgehead atoms. The van der Waals surface area contributed by atoms with Gasteiger partial charge in [-0.05, 0) is 41.6 Å². The molecule has 34 heavy (non-hydrogen) atoms. The van der Waals surface area contributed by atoms with Gasteiger partial charge in [-0.25, -0.2) is 4.79 Å². The highest BCUT2D eigenvalue weighted by Gasteiger charge is 2.30. The topological polar surface area (TPSA) is 110 Å². The van der Waals surface area contributed by atoms with Crippen LogP contribution in [0.15, 0.2) is 69.1 Å². The lowest BCUT2D eigenvalue weighted by Gasteiger charge is -2.25. The van der Waals surface area contributed by atoms with Crippen LogP contribution in [0.25, 0.3) is 0 Å². The standard InChI is InChI=1S/C22H21F3N4O4S/c1-33-12-11-28-18(26)17(19(30)27-21(28)32)29(13-14-5-3-2-4-6-14)20(31)15-7-9-16(10-8-15)34-22(23,24)25/h2-10H,11-13,26H2,1H3,(H,27,30,32). The number of nitrogens with one attached hydrogen (secondary N) is 1. The summed E-state index contributed by atoms with van der Waals surface area (Å²) in [6, 6.07) is 13.5. The highest BCUT2D eigenvalue weighted by atomic mass is 32.2. The number of benzene rings is 2.